The summed E-state index contributed by atoms with van der Waals surface area (Å²) < 4.78 is 1.28. The molecule has 110 valence electrons. The van der Waals surface area contributed by atoms with Crippen LogP contribution in [0.15, 0.2) is 30.6 Å². The van der Waals surface area contributed by atoms with E-state index < -0.39 is 11.0 Å². The highest BCUT2D eigenvalue weighted by Gasteiger charge is 2.20. The number of carbonyl (C=O) groups is 1. The van der Waals surface area contributed by atoms with Gasteiger partial charge in [0.1, 0.15) is 18.4 Å². The van der Waals surface area contributed by atoms with Crippen molar-refractivity contribution < 1.29 is 9.72 Å². The Morgan fingerprint density at radius 2 is 2.00 bits per heavy atom. The molecule has 0 aliphatic heterocycles. The highest BCUT2D eigenvalue weighted by atomic mass is 16.6. The van der Waals surface area contributed by atoms with Crippen molar-refractivity contribution in [2.24, 2.45) is 0 Å². The van der Waals surface area contributed by atoms with Crippen molar-refractivity contribution in [2.75, 3.05) is 5.32 Å². The first-order chi connectivity index (χ1) is 9.90. The van der Waals surface area contributed by atoms with Crippen LogP contribution in [0.2, 0.25) is 0 Å². The second-order valence-corrected chi connectivity index (χ2v) is 4.87. The third-order valence-corrected chi connectivity index (χ3v) is 3.30. The fraction of sp³-hybridized carbons (Fsp3) is 0.286. The summed E-state index contributed by atoms with van der Waals surface area (Å²) in [5.74, 6) is -0.273. The predicted molar refractivity (Wildman–Crippen MR) is 78.1 cm³/mol. The zero-order valence-electron chi connectivity index (χ0n) is 12.0. The molecule has 1 atom stereocenters. The van der Waals surface area contributed by atoms with Crippen molar-refractivity contribution in [3.05, 3.63) is 51.8 Å². The molecule has 0 radical (unpaired) electrons. The Labute approximate surface area is 121 Å². The Kier molecular flexibility index (Phi) is 4.02. The number of nitrogens with one attached hydrogen (secondary N) is 1. The van der Waals surface area contributed by atoms with E-state index in [9.17, 15) is 14.9 Å². The Hall–Kier alpha value is -2.70. The van der Waals surface area contributed by atoms with Gasteiger partial charge in [-0.25, -0.2) is 0 Å². The summed E-state index contributed by atoms with van der Waals surface area (Å²) in [5.41, 5.74) is 2.54. The number of aryl methyl sites for hydroxylation is 2. The minimum Gasteiger partial charge on any atom is -0.324 e. The molecule has 2 aromatic rings. The molecular weight excluding hydrogens is 272 g/mol. The molecule has 0 fully saturated rings. The highest BCUT2D eigenvalue weighted by Crippen LogP contribution is 2.21. The standard InChI is InChI=1S/C14H16N4O3/c1-9-5-4-6-10(2)13(9)16-14(19)11(3)17-8-12(7-15-17)18(20)21/h4-8,11H,1-3H3,(H,16,19). The fourth-order valence-electron chi connectivity index (χ4n) is 1.99. The summed E-state index contributed by atoms with van der Waals surface area (Å²) in [6.07, 6.45) is 2.37. The van der Waals surface area contributed by atoms with E-state index in [0.717, 1.165) is 23.0 Å². The third kappa shape index (κ3) is 3.07. The number of aromatic nitrogens is 2. The first kappa shape index (κ1) is 14.7. The number of hydrogen-bond donors (Lipinski definition) is 1. The highest BCUT2D eigenvalue weighted by molar-refractivity contribution is 5.94. The quantitative estimate of drug-likeness (QED) is 0.691. The Balaban J connectivity index is 2.17. The van der Waals surface area contributed by atoms with E-state index in [1.54, 1.807) is 6.92 Å². The number of para-hydroxylation sites is 1. The van der Waals surface area contributed by atoms with Crippen LogP contribution in [0.1, 0.15) is 24.1 Å². The van der Waals surface area contributed by atoms with Crippen LogP contribution in [0.5, 0.6) is 0 Å². The molecule has 1 N–H and O–H groups in total. The Bertz CT molecular complexity index is 673. The molecule has 0 aliphatic rings. The minimum absolute atomic E-state index is 0.137. The average Bonchev–Trinajstić information content (AvgIpc) is 2.92. The predicted octanol–water partition coefficient (Wildman–Crippen LogP) is 2.61. The van der Waals surface area contributed by atoms with Gasteiger partial charge < -0.3 is 5.32 Å². The maximum atomic E-state index is 12.3. The summed E-state index contributed by atoms with van der Waals surface area (Å²) in [5, 5.41) is 17.3. The number of nitro groups is 1. The number of nitrogens with zero attached hydrogens (tertiary/aromatic N) is 3. The summed E-state index contributed by atoms with van der Waals surface area (Å²) in [6, 6.07) is 5.09. The van der Waals surface area contributed by atoms with Gasteiger partial charge in [0.15, 0.2) is 0 Å². The smallest absolute Gasteiger partial charge is 0.307 e. The van der Waals surface area contributed by atoms with E-state index in [0.29, 0.717) is 0 Å². The zero-order valence-corrected chi connectivity index (χ0v) is 12.0. The third-order valence-electron chi connectivity index (χ3n) is 3.30. The van der Waals surface area contributed by atoms with Crippen LogP contribution in [-0.2, 0) is 4.79 Å². The van der Waals surface area contributed by atoms with Gasteiger partial charge in [-0.15, -0.1) is 0 Å². The van der Waals surface area contributed by atoms with Gasteiger partial charge in [0.2, 0.25) is 5.91 Å². The van der Waals surface area contributed by atoms with Crippen molar-refractivity contribution in [3.63, 3.8) is 0 Å². The lowest BCUT2D eigenvalue weighted by atomic mass is 10.1. The lowest BCUT2D eigenvalue weighted by Crippen LogP contribution is -2.24. The van der Waals surface area contributed by atoms with Crippen LogP contribution in [0.25, 0.3) is 0 Å². The number of rotatable bonds is 4. The molecule has 21 heavy (non-hydrogen) atoms. The van der Waals surface area contributed by atoms with E-state index in [4.69, 9.17) is 0 Å². The molecular formula is C14H16N4O3. The molecule has 1 aromatic carbocycles. The van der Waals surface area contributed by atoms with Gasteiger partial charge in [0.25, 0.3) is 0 Å². The van der Waals surface area contributed by atoms with Gasteiger partial charge in [0, 0.05) is 5.69 Å². The first-order valence-corrected chi connectivity index (χ1v) is 6.45. The maximum Gasteiger partial charge on any atom is 0.307 e. The van der Waals surface area contributed by atoms with Crippen LogP contribution >= 0.6 is 0 Å². The molecule has 1 heterocycles. The summed E-state index contributed by atoms with van der Waals surface area (Å²) in [6.45, 7) is 5.46. The SMILES string of the molecule is Cc1cccc(C)c1NC(=O)C(C)n1cc([N+](=O)[O-])cn1. The Morgan fingerprint density at radius 3 is 2.52 bits per heavy atom. The van der Waals surface area contributed by atoms with E-state index >= 15 is 0 Å². The molecule has 0 bridgehead atoms. The number of hydrogen-bond acceptors (Lipinski definition) is 4. The van der Waals surface area contributed by atoms with E-state index in [2.05, 4.69) is 10.4 Å². The van der Waals surface area contributed by atoms with Gasteiger partial charge in [-0.3, -0.25) is 19.6 Å². The molecule has 0 saturated carbocycles. The van der Waals surface area contributed by atoms with E-state index in [1.807, 2.05) is 32.0 Å². The lowest BCUT2D eigenvalue weighted by molar-refractivity contribution is -0.385. The molecule has 7 heteroatoms. The van der Waals surface area contributed by atoms with Gasteiger partial charge in [-0.2, -0.15) is 5.10 Å². The summed E-state index contributed by atoms with van der Waals surface area (Å²) in [4.78, 5) is 22.4. The molecule has 1 amide bonds. The number of benzene rings is 1. The summed E-state index contributed by atoms with van der Waals surface area (Å²) in [7, 11) is 0. The molecule has 1 aromatic heterocycles. The van der Waals surface area contributed by atoms with Crippen LogP contribution in [0, 0.1) is 24.0 Å². The molecule has 7 nitrogen and oxygen atoms in total. The molecule has 0 aliphatic carbocycles. The van der Waals surface area contributed by atoms with Gasteiger partial charge in [-0.1, -0.05) is 18.2 Å². The van der Waals surface area contributed by atoms with Gasteiger partial charge in [0.05, 0.1) is 4.92 Å². The molecule has 0 saturated heterocycles. The topological polar surface area (TPSA) is 90.1 Å². The molecule has 0 spiro atoms. The molecule has 2 rings (SSSR count). The monoisotopic (exact) mass is 288 g/mol. The van der Waals surface area contributed by atoms with E-state index in [1.165, 1.54) is 10.9 Å². The second-order valence-electron chi connectivity index (χ2n) is 4.87. The first-order valence-electron chi connectivity index (χ1n) is 6.45. The minimum atomic E-state index is -0.641. The second kappa shape index (κ2) is 5.74. The normalized spacial score (nSPS) is 12.0. The van der Waals surface area contributed by atoms with Crippen LogP contribution in [0.4, 0.5) is 11.4 Å². The van der Waals surface area contributed by atoms with Crippen LogP contribution in [0.3, 0.4) is 0 Å². The number of anilines is 1. The van der Waals surface area contributed by atoms with Crippen molar-refractivity contribution in [1.29, 1.82) is 0 Å². The number of amides is 1. The maximum absolute atomic E-state index is 12.3. The number of carbonyl (C=O) groups excluding carboxylic acids is 1. The Morgan fingerprint density at radius 1 is 1.38 bits per heavy atom. The van der Waals surface area contributed by atoms with Gasteiger partial charge >= 0.3 is 5.69 Å². The van der Waals surface area contributed by atoms with Crippen molar-refractivity contribution >= 4 is 17.3 Å². The lowest BCUT2D eigenvalue weighted by Gasteiger charge is -2.15. The van der Waals surface area contributed by atoms with Crippen LogP contribution in [-0.4, -0.2) is 20.6 Å². The van der Waals surface area contributed by atoms with Crippen LogP contribution < -0.4 is 5.32 Å². The van der Waals surface area contributed by atoms with E-state index in [-0.39, 0.29) is 11.6 Å². The largest absolute Gasteiger partial charge is 0.324 e. The zero-order chi connectivity index (χ0) is 15.6. The molecule has 1 unspecified atom stereocenters. The van der Waals surface area contributed by atoms with Crippen molar-refractivity contribution in [3.8, 4) is 0 Å². The van der Waals surface area contributed by atoms with Gasteiger partial charge in [-0.05, 0) is 31.9 Å². The van der Waals surface area contributed by atoms with Crippen molar-refractivity contribution in [2.45, 2.75) is 26.8 Å². The fourth-order valence-corrected chi connectivity index (χ4v) is 1.99. The average molecular weight is 288 g/mol. The summed E-state index contributed by atoms with van der Waals surface area (Å²) >= 11 is 0. The van der Waals surface area contributed by atoms with Crippen molar-refractivity contribution in [1.82, 2.24) is 9.78 Å².